The first-order valence-electron chi connectivity index (χ1n) is 9.35. The molecule has 3 aromatic carbocycles. The van der Waals surface area contributed by atoms with Crippen LogP contribution >= 0.6 is 22.9 Å². The molecule has 0 fully saturated rings. The second-order valence-electron chi connectivity index (χ2n) is 6.94. The summed E-state index contributed by atoms with van der Waals surface area (Å²) < 4.78 is 38.2. The highest BCUT2D eigenvalue weighted by Crippen LogP contribution is 2.40. The van der Waals surface area contributed by atoms with Crippen molar-refractivity contribution in [3.05, 3.63) is 88.6 Å². The number of benzene rings is 3. The number of rotatable bonds is 5. The average Bonchev–Trinajstić information content (AvgIpc) is 3.19. The summed E-state index contributed by atoms with van der Waals surface area (Å²) >= 11 is 7.04. The standard InChI is InChI=1S/C23H16ClFN2O3S2/c1-32(29,30)19-8-3-2-7-18(19)21-20(14-9-11-16(25)12-10-14)27-23(31-21)22(28)26-17-6-4-5-15(24)13-17/h2-13H,1H3,(H,26,28). The predicted molar refractivity (Wildman–Crippen MR) is 125 cm³/mol. The Bertz CT molecular complexity index is 1420. The summed E-state index contributed by atoms with van der Waals surface area (Å²) in [7, 11) is -3.55. The lowest BCUT2D eigenvalue weighted by atomic mass is 10.1. The van der Waals surface area contributed by atoms with Crippen molar-refractivity contribution in [2.45, 2.75) is 4.90 Å². The first-order chi connectivity index (χ1) is 15.2. The molecule has 1 aromatic heterocycles. The second-order valence-corrected chi connectivity index (χ2v) is 10.4. The van der Waals surface area contributed by atoms with Crippen molar-refractivity contribution in [3.8, 4) is 21.7 Å². The van der Waals surface area contributed by atoms with E-state index < -0.39 is 21.6 Å². The number of sulfone groups is 1. The number of halogens is 2. The van der Waals surface area contributed by atoms with E-state index in [-0.39, 0.29) is 9.90 Å². The molecule has 0 unspecified atom stereocenters. The minimum Gasteiger partial charge on any atom is -0.320 e. The lowest BCUT2D eigenvalue weighted by Gasteiger charge is -2.08. The molecule has 0 aliphatic heterocycles. The van der Waals surface area contributed by atoms with Crippen LogP contribution in [0.1, 0.15) is 9.80 Å². The van der Waals surface area contributed by atoms with Gasteiger partial charge in [0.05, 0.1) is 15.5 Å². The highest BCUT2D eigenvalue weighted by atomic mass is 35.5. The molecule has 1 amide bonds. The van der Waals surface area contributed by atoms with Gasteiger partial charge in [0.1, 0.15) is 5.82 Å². The first kappa shape index (κ1) is 22.1. The van der Waals surface area contributed by atoms with E-state index in [0.717, 1.165) is 17.6 Å². The van der Waals surface area contributed by atoms with Gasteiger partial charge in [0.2, 0.25) is 0 Å². The fourth-order valence-electron chi connectivity index (χ4n) is 3.13. The summed E-state index contributed by atoms with van der Waals surface area (Å²) in [5.41, 5.74) is 1.87. The monoisotopic (exact) mass is 486 g/mol. The molecule has 5 nitrogen and oxygen atoms in total. The van der Waals surface area contributed by atoms with E-state index in [1.165, 1.54) is 30.3 Å². The van der Waals surface area contributed by atoms with Gasteiger partial charge in [0.25, 0.3) is 5.91 Å². The molecule has 4 rings (SSSR count). The second kappa shape index (κ2) is 8.82. The fourth-order valence-corrected chi connectivity index (χ4v) is 5.30. The van der Waals surface area contributed by atoms with E-state index >= 15 is 0 Å². The molecule has 0 spiro atoms. The Kier molecular flexibility index (Phi) is 6.10. The van der Waals surface area contributed by atoms with Crippen molar-refractivity contribution in [2.75, 3.05) is 11.6 Å². The third-order valence-electron chi connectivity index (χ3n) is 4.55. The van der Waals surface area contributed by atoms with Gasteiger partial charge >= 0.3 is 0 Å². The van der Waals surface area contributed by atoms with E-state index in [2.05, 4.69) is 10.3 Å². The van der Waals surface area contributed by atoms with Crippen LogP contribution in [-0.2, 0) is 9.84 Å². The fraction of sp³-hybridized carbons (Fsp3) is 0.0435. The minimum absolute atomic E-state index is 0.119. The van der Waals surface area contributed by atoms with E-state index in [4.69, 9.17) is 11.6 Å². The third-order valence-corrected chi connectivity index (χ3v) is 7.03. The maximum absolute atomic E-state index is 13.5. The molecule has 0 saturated carbocycles. The quantitative estimate of drug-likeness (QED) is 0.379. The van der Waals surface area contributed by atoms with Crippen LogP contribution in [0.15, 0.2) is 77.7 Å². The van der Waals surface area contributed by atoms with Crippen LogP contribution in [0.3, 0.4) is 0 Å². The van der Waals surface area contributed by atoms with Crippen molar-refractivity contribution < 1.29 is 17.6 Å². The number of nitrogens with zero attached hydrogens (tertiary/aromatic N) is 1. The lowest BCUT2D eigenvalue weighted by Crippen LogP contribution is -2.11. The Morgan fingerprint density at radius 2 is 1.75 bits per heavy atom. The van der Waals surface area contributed by atoms with Crippen LogP contribution in [-0.4, -0.2) is 25.6 Å². The smallest absolute Gasteiger partial charge is 0.284 e. The number of carbonyl (C=O) groups is 1. The van der Waals surface area contributed by atoms with Crippen LogP contribution in [0.4, 0.5) is 10.1 Å². The topological polar surface area (TPSA) is 76.1 Å². The Balaban J connectivity index is 1.85. The summed E-state index contributed by atoms with van der Waals surface area (Å²) in [6.07, 6.45) is 1.12. The summed E-state index contributed by atoms with van der Waals surface area (Å²) in [5, 5.41) is 3.34. The van der Waals surface area contributed by atoms with E-state index in [1.807, 2.05) is 0 Å². The van der Waals surface area contributed by atoms with Gasteiger partial charge in [0.15, 0.2) is 14.8 Å². The first-order valence-corrected chi connectivity index (χ1v) is 12.4. The molecule has 0 atom stereocenters. The highest BCUT2D eigenvalue weighted by Gasteiger charge is 2.23. The molecule has 0 saturated heterocycles. The molecular weight excluding hydrogens is 471 g/mol. The maximum atomic E-state index is 13.5. The van der Waals surface area contributed by atoms with Crippen molar-refractivity contribution >= 4 is 44.4 Å². The number of hydrogen-bond donors (Lipinski definition) is 1. The van der Waals surface area contributed by atoms with Gasteiger partial charge in [-0.2, -0.15) is 0 Å². The van der Waals surface area contributed by atoms with Gasteiger partial charge in [-0.1, -0.05) is 35.9 Å². The molecule has 0 radical (unpaired) electrons. The van der Waals surface area contributed by atoms with Crippen molar-refractivity contribution in [1.82, 2.24) is 4.98 Å². The Labute approximate surface area is 193 Å². The van der Waals surface area contributed by atoms with E-state index in [1.54, 1.807) is 42.5 Å². The Morgan fingerprint density at radius 1 is 1.03 bits per heavy atom. The number of hydrogen-bond acceptors (Lipinski definition) is 5. The van der Waals surface area contributed by atoms with Gasteiger partial charge in [-0.3, -0.25) is 4.79 Å². The van der Waals surface area contributed by atoms with Crippen molar-refractivity contribution in [2.24, 2.45) is 0 Å². The zero-order valence-electron chi connectivity index (χ0n) is 16.7. The number of thiazole rings is 1. The van der Waals surface area contributed by atoms with Crippen molar-refractivity contribution in [3.63, 3.8) is 0 Å². The summed E-state index contributed by atoms with van der Waals surface area (Å²) in [6.45, 7) is 0. The molecule has 1 N–H and O–H groups in total. The normalized spacial score (nSPS) is 11.3. The van der Waals surface area contributed by atoms with Crippen LogP contribution in [0.5, 0.6) is 0 Å². The SMILES string of the molecule is CS(=O)(=O)c1ccccc1-c1sc(C(=O)Nc2cccc(Cl)c2)nc1-c1ccc(F)cc1. The lowest BCUT2D eigenvalue weighted by molar-refractivity contribution is 0.102. The maximum Gasteiger partial charge on any atom is 0.284 e. The van der Waals surface area contributed by atoms with Gasteiger partial charge in [-0.25, -0.2) is 17.8 Å². The van der Waals surface area contributed by atoms with E-state index in [9.17, 15) is 17.6 Å². The summed E-state index contributed by atoms with van der Waals surface area (Å²) in [5.74, 6) is -0.885. The molecule has 0 aliphatic rings. The molecule has 0 bridgehead atoms. The summed E-state index contributed by atoms with van der Waals surface area (Å²) in [6, 6.07) is 18.8. The van der Waals surface area contributed by atoms with Gasteiger partial charge in [-0.15, -0.1) is 11.3 Å². The Hall–Kier alpha value is -3.07. The zero-order chi connectivity index (χ0) is 22.9. The van der Waals surface area contributed by atoms with Gasteiger partial charge < -0.3 is 5.32 Å². The highest BCUT2D eigenvalue weighted by molar-refractivity contribution is 7.90. The largest absolute Gasteiger partial charge is 0.320 e. The Morgan fingerprint density at radius 3 is 2.44 bits per heavy atom. The average molecular weight is 487 g/mol. The van der Waals surface area contributed by atoms with Crippen LogP contribution in [0.25, 0.3) is 21.7 Å². The van der Waals surface area contributed by atoms with Gasteiger partial charge in [0, 0.05) is 28.1 Å². The predicted octanol–water partition coefficient (Wildman–Crippen LogP) is 5.93. The summed E-state index contributed by atoms with van der Waals surface area (Å²) in [4.78, 5) is 18.0. The minimum atomic E-state index is -3.55. The van der Waals surface area contributed by atoms with E-state index in [0.29, 0.717) is 32.4 Å². The molecule has 162 valence electrons. The molecular formula is C23H16ClFN2O3S2. The number of amides is 1. The van der Waals surface area contributed by atoms with Crippen LogP contribution < -0.4 is 5.32 Å². The molecule has 1 heterocycles. The number of nitrogens with one attached hydrogen (secondary N) is 1. The van der Waals surface area contributed by atoms with Crippen LogP contribution in [0.2, 0.25) is 5.02 Å². The van der Waals surface area contributed by atoms with Gasteiger partial charge in [-0.05, 0) is 48.5 Å². The zero-order valence-corrected chi connectivity index (χ0v) is 19.1. The molecule has 4 aromatic rings. The van der Waals surface area contributed by atoms with Crippen LogP contribution in [0, 0.1) is 5.82 Å². The molecule has 32 heavy (non-hydrogen) atoms. The molecule has 9 heteroatoms. The molecule has 0 aliphatic carbocycles. The number of aromatic nitrogens is 1. The third kappa shape index (κ3) is 4.72. The number of anilines is 1. The number of carbonyl (C=O) groups excluding carboxylic acids is 1. The van der Waals surface area contributed by atoms with Crippen molar-refractivity contribution in [1.29, 1.82) is 0 Å².